The topological polar surface area (TPSA) is 55.4 Å². The fraction of sp³-hybridized carbons (Fsp3) is 0.200. The monoisotopic (exact) mass is 373 g/mol. The number of hydrogen-bond donors (Lipinski definition) is 1. The summed E-state index contributed by atoms with van der Waals surface area (Å²) in [5.41, 5.74) is 0.568. The molecule has 1 atom stereocenters. The van der Waals surface area contributed by atoms with E-state index in [4.69, 9.17) is 4.74 Å². The summed E-state index contributed by atoms with van der Waals surface area (Å²) in [6.45, 7) is -0.0786. The molecule has 0 spiro atoms. The first kappa shape index (κ1) is 18.5. The van der Waals surface area contributed by atoms with Crippen LogP contribution in [0.5, 0.6) is 0 Å². The lowest BCUT2D eigenvalue weighted by Crippen LogP contribution is -2.41. The van der Waals surface area contributed by atoms with Crippen LogP contribution in [0.25, 0.3) is 0 Å². The Labute approximate surface area is 153 Å². The van der Waals surface area contributed by atoms with Gasteiger partial charge in [-0.1, -0.05) is 36.1 Å². The number of amides is 1. The molecule has 4 nitrogen and oxygen atoms in total. The van der Waals surface area contributed by atoms with E-state index in [0.717, 1.165) is 17.7 Å². The second-order valence-corrected chi connectivity index (χ2v) is 5.85. The van der Waals surface area contributed by atoms with Crippen LogP contribution in [0.2, 0.25) is 0 Å². The standard InChI is InChI=1S/C20H14F3NO3/c21-20(22,23)15-8-3-5-13(11-15)6-4-10-24-18(25)17-12-14-7-1-2-9-16(14)19(26)27-17/h1-3,5,7-9,11,17H,10,12H2,(H,24,25). The molecule has 138 valence electrons. The molecule has 0 saturated heterocycles. The Morgan fingerprint density at radius 3 is 2.74 bits per heavy atom. The van der Waals surface area contributed by atoms with Crippen molar-refractivity contribution in [2.24, 2.45) is 0 Å². The van der Waals surface area contributed by atoms with Crippen molar-refractivity contribution in [2.45, 2.75) is 18.7 Å². The van der Waals surface area contributed by atoms with Crippen molar-refractivity contribution in [3.05, 3.63) is 70.8 Å². The van der Waals surface area contributed by atoms with Crippen LogP contribution < -0.4 is 5.32 Å². The van der Waals surface area contributed by atoms with Gasteiger partial charge in [0.15, 0.2) is 6.10 Å². The first-order valence-electron chi connectivity index (χ1n) is 8.07. The first-order chi connectivity index (χ1) is 12.8. The first-order valence-corrected chi connectivity index (χ1v) is 8.07. The molecule has 7 heteroatoms. The number of halogens is 3. The van der Waals surface area contributed by atoms with E-state index in [1.165, 1.54) is 12.1 Å². The summed E-state index contributed by atoms with van der Waals surface area (Å²) in [6.07, 6.45) is -5.13. The number of carbonyl (C=O) groups excluding carboxylic acids is 2. The van der Waals surface area contributed by atoms with Gasteiger partial charge < -0.3 is 10.1 Å². The molecule has 1 amide bonds. The Kier molecular flexibility index (Phi) is 5.17. The Bertz CT molecular complexity index is 941. The van der Waals surface area contributed by atoms with Crippen molar-refractivity contribution in [3.8, 4) is 11.8 Å². The molecule has 1 N–H and O–H groups in total. The summed E-state index contributed by atoms with van der Waals surface area (Å²) in [5.74, 6) is 4.09. The third kappa shape index (κ3) is 4.47. The lowest BCUT2D eigenvalue weighted by Gasteiger charge is -2.23. The molecule has 0 fully saturated rings. The van der Waals surface area contributed by atoms with Crippen LogP contribution in [0.1, 0.15) is 27.0 Å². The smallest absolute Gasteiger partial charge is 0.416 e. The van der Waals surface area contributed by atoms with Crippen LogP contribution in [0.4, 0.5) is 13.2 Å². The quantitative estimate of drug-likeness (QED) is 0.651. The summed E-state index contributed by atoms with van der Waals surface area (Å²) in [4.78, 5) is 24.1. The van der Waals surface area contributed by atoms with Gasteiger partial charge in [-0.3, -0.25) is 4.79 Å². The maximum Gasteiger partial charge on any atom is 0.416 e. The number of hydrogen-bond acceptors (Lipinski definition) is 3. The van der Waals surface area contributed by atoms with Gasteiger partial charge in [0.05, 0.1) is 17.7 Å². The molecule has 0 radical (unpaired) electrons. The normalized spacial score (nSPS) is 15.8. The second-order valence-electron chi connectivity index (χ2n) is 5.85. The van der Waals surface area contributed by atoms with Gasteiger partial charge in [-0.15, -0.1) is 0 Å². The highest BCUT2D eigenvalue weighted by Crippen LogP contribution is 2.29. The van der Waals surface area contributed by atoms with E-state index in [2.05, 4.69) is 17.2 Å². The van der Waals surface area contributed by atoms with Crippen molar-refractivity contribution in [2.75, 3.05) is 6.54 Å². The number of carbonyl (C=O) groups is 2. The predicted molar refractivity (Wildman–Crippen MR) is 90.7 cm³/mol. The highest BCUT2D eigenvalue weighted by molar-refractivity contribution is 5.95. The van der Waals surface area contributed by atoms with Gasteiger partial charge in [0.1, 0.15) is 0 Å². The highest BCUT2D eigenvalue weighted by Gasteiger charge is 2.31. The van der Waals surface area contributed by atoms with Crippen LogP contribution in [-0.2, 0) is 22.1 Å². The van der Waals surface area contributed by atoms with E-state index < -0.39 is 29.7 Å². The van der Waals surface area contributed by atoms with E-state index >= 15 is 0 Å². The van der Waals surface area contributed by atoms with Crippen LogP contribution in [0.3, 0.4) is 0 Å². The van der Waals surface area contributed by atoms with Crippen molar-refractivity contribution >= 4 is 11.9 Å². The fourth-order valence-electron chi connectivity index (χ4n) is 2.64. The summed E-state index contributed by atoms with van der Waals surface area (Å²) in [6, 6.07) is 11.5. The molecule has 1 aliphatic heterocycles. The summed E-state index contributed by atoms with van der Waals surface area (Å²) >= 11 is 0. The lowest BCUT2D eigenvalue weighted by molar-refractivity contribution is -0.137. The van der Waals surface area contributed by atoms with Crippen LogP contribution in [0.15, 0.2) is 48.5 Å². The molecular weight excluding hydrogens is 359 g/mol. The van der Waals surface area contributed by atoms with Crippen molar-refractivity contribution in [1.82, 2.24) is 5.32 Å². The molecule has 2 aromatic carbocycles. The van der Waals surface area contributed by atoms with E-state index in [1.54, 1.807) is 24.3 Å². The van der Waals surface area contributed by atoms with Gasteiger partial charge in [0, 0.05) is 12.0 Å². The molecule has 27 heavy (non-hydrogen) atoms. The third-order valence-corrected chi connectivity index (χ3v) is 3.96. The number of alkyl halides is 3. The second kappa shape index (κ2) is 7.54. The van der Waals surface area contributed by atoms with Crippen molar-refractivity contribution in [1.29, 1.82) is 0 Å². The fourth-order valence-corrected chi connectivity index (χ4v) is 2.64. The van der Waals surface area contributed by atoms with Crippen molar-refractivity contribution in [3.63, 3.8) is 0 Å². The predicted octanol–water partition coefficient (Wildman–Crippen LogP) is 2.95. The van der Waals surface area contributed by atoms with Gasteiger partial charge >= 0.3 is 12.1 Å². The molecule has 0 aromatic heterocycles. The number of rotatable bonds is 2. The zero-order chi connectivity index (χ0) is 19.4. The Hall–Kier alpha value is -3.27. The molecule has 2 aromatic rings. The van der Waals surface area contributed by atoms with E-state index in [0.29, 0.717) is 5.56 Å². The van der Waals surface area contributed by atoms with Crippen molar-refractivity contribution < 1.29 is 27.5 Å². The van der Waals surface area contributed by atoms with E-state index in [1.807, 2.05) is 0 Å². The minimum atomic E-state index is -4.44. The number of nitrogens with one attached hydrogen (secondary N) is 1. The number of cyclic esters (lactones) is 1. The third-order valence-electron chi connectivity index (χ3n) is 3.96. The number of ether oxygens (including phenoxy) is 1. The van der Waals surface area contributed by atoms with Crippen LogP contribution >= 0.6 is 0 Å². The number of esters is 1. The zero-order valence-electron chi connectivity index (χ0n) is 14.0. The maximum absolute atomic E-state index is 12.7. The zero-order valence-corrected chi connectivity index (χ0v) is 14.0. The van der Waals surface area contributed by atoms with Gasteiger partial charge in [-0.25, -0.2) is 4.79 Å². The summed E-state index contributed by atoms with van der Waals surface area (Å²) in [7, 11) is 0. The highest BCUT2D eigenvalue weighted by atomic mass is 19.4. The molecular formula is C20H14F3NO3. The summed E-state index contributed by atoms with van der Waals surface area (Å²) < 4.78 is 43.1. The average Bonchev–Trinajstić information content (AvgIpc) is 2.64. The molecule has 0 bridgehead atoms. The van der Waals surface area contributed by atoms with Crippen LogP contribution in [-0.4, -0.2) is 24.5 Å². The molecule has 3 rings (SSSR count). The lowest BCUT2D eigenvalue weighted by atomic mass is 9.98. The maximum atomic E-state index is 12.7. The van der Waals surface area contributed by atoms with E-state index in [-0.39, 0.29) is 18.5 Å². The number of benzene rings is 2. The molecule has 0 saturated carbocycles. The Morgan fingerprint density at radius 1 is 1.19 bits per heavy atom. The Morgan fingerprint density at radius 2 is 1.96 bits per heavy atom. The molecule has 1 heterocycles. The van der Waals surface area contributed by atoms with Gasteiger partial charge in [0.2, 0.25) is 0 Å². The largest absolute Gasteiger partial charge is 0.448 e. The Balaban J connectivity index is 1.59. The SMILES string of the molecule is O=C1OC(C(=O)NCC#Cc2cccc(C(F)(F)F)c2)Cc2ccccc21. The number of fused-ring (bicyclic) bond motifs is 1. The minimum absolute atomic E-state index is 0.0786. The van der Waals surface area contributed by atoms with Gasteiger partial charge in [-0.2, -0.15) is 13.2 Å². The van der Waals surface area contributed by atoms with Crippen LogP contribution in [0, 0.1) is 11.8 Å². The average molecular weight is 373 g/mol. The van der Waals surface area contributed by atoms with E-state index in [9.17, 15) is 22.8 Å². The molecule has 1 unspecified atom stereocenters. The van der Waals surface area contributed by atoms with Gasteiger partial charge in [-0.05, 0) is 29.8 Å². The minimum Gasteiger partial charge on any atom is -0.448 e. The molecule has 1 aliphatic rings. The summed E-state index contributed by atoms with van der Waals surface area (Å²) in [5, 5.41) is 2.51. The van der Waals surface area contributed by atoms with Gasteiger partial charge in [0.25, 0.3) is 5.91 Å². The molecule has 0 aliphatic carbocycles.